The van der Waals surface area contributed by atoms with Crippen molar-refractivity contribution < 1.29 is 5.11 Å². The van der Waals surface area contributed by atoms with Crippen LogP contribution in [0, 0.1) is 0 Å². The maximum absolute atomic E-state index is 9.06. The van der Waals surface area contributed by atoms with E-state index >= 15 is 0 Å². The molecule has 0 bridgehead atoms. The van der Waals surface area contributed by atoms with Gasteiger partial charge in [0.15, 0.2) is 0 Å². The monoisotopic (exact) mass is 326 g/mol. The standard InChI is InChI=1S/C15H23BrN2O/c1-17-11-12-6-7-14(10-15(12)16)18(8-3-9-19)13-4-2-5-13/h6-7,10,13,17,19H,2-5,8-9,11H2,1H3. The first-order chi connectivity index (χ1) is 9.26. The molecule has 2 rings (SSSR count). The third kappa shape index (κ3) is 3.71. The van der Waals surface area contributed by atoms with Crippen LogP contribution in [0.3, 0.4) is 0 Å². The molecule has 0 atom stereocenters. The van der Waals surface area contributed by atoms with Crippen molar-refractivity contribution in [3.05, 3.63) is 28.2 Å². The average Bonchev–Trinajstić information content (AvgIpc) is 2.35. The summed E-state index contributed by atoms with van der Waals surface area (Å²) in [5, 5.41) is 12.2. The van der Waals surface area contributed by atoms with Crippen molar-refractivity contribution in [2.24, 2.45) is 0 Å². The van der Waals surface area contributed by atoms with Gasteiger partial charge in [0.25, 0.3) is 0 Å². The lowest BCUT2D eigenvalue weighted by Crippen LogP contribution is -2.41. The molecule has 1 saturated carbocycles. The Kier molecular flexibility index (Phi) is 5.67. The van der Waals surface area contributed by atoms with E-state index < -0.39 is 0 Å². The van der Waals surface area contributed by atoms with Crippen molar-refractivity contribution in [3.8, 4) is 0 Å². The highest BCUT2D eigenvalue weighted by Gasteiger charge is 2.25. The predicted octanol–water partition coefficient (Wildman–Crippen LogP) is 2.91. The van der Waals surface area contributed by atoms with E-state index in [1.165, 1.54) is 30.5 Å². The van der Waals surface area contributed by atoms with E-state index in [2.05, 4.69) is 44.3 Å². The minimum Gasteiger partial charge on any atom is -0.396 e. The Labute approximate surface area is 124 Å². The van der Waals surface area contributed by atoms with E-state index in [-0.39, 0.29) is 6.61 Å². The molecule has 4 heteroatoms. The predicted molar refractivity (Wildman–Crippen MR) is 83.6 cm³/mol. The number of aliphatic hydroxyl groups excluding tert-OH is 1. The average molecular weight is 327 g/mol. The summed E-state index contributed by atoms with van der Waals surface area (Å²) in [4.78, 5) is 2.45. The molecular weight excluding hydrogens is 304 g/mol. The van der Waals surface area contributed by atoms with Crippen LogP contribution in [-0.2, 0) is 6.54 Å². The maximum atomic E-state index is 9.06. The van der Waals surface area contributed by atoms with E-state index in [0.717, 1.165) is 24.0 Å². The fourth-order valence-electron chi connectivity index (χ4n) is 2.51. The fourth-order valence-corrected chi connectivity index (χ4v) is 3.02. The summed E-state index contributed by atoms with van der Waals surface area (Å²) in [5.74, 6) is 0. The van der Waals surface area contributed by atoms with Crippen LogP contribution in [0.2, 0.25) is 0 Å². The van der Waals surface area contributed by atoms with Gasteiger partial charge in [0.1, 0.15) is 0 Å². The summed E-state index contributed by atoms with van der Waals surface area (Å²) in [6.45, 7) is 2.09. The van der Waals surface area contributed by atoms with Gasteiger partial charge in [0.2, 0.25) is 0 Å². The summed E-state index contributed by atoms with van der Waals surface area (Å²) in [6.07, 6.45) is 4.73. The zero-order valence-corrected chi connectivity index (χ0v) is 13.1. The third-order valence-electron chi connectivity index (χ3n) is 3.81. The first-order valence-electron chi connectivity index (χ1n) is 7.06. The van der Waals surface area contributed by atoms with Crippen molar-refractivity contribution in [3.63, 3.8) is 0 Å². The molecule has 0 aromatic heterocycles. The third-order valence-corrected chi connectivity index (χ3v) is 4.55. The fraction of sp³-hybridized carbons (Fsp3) is 0.600. The number of anilines is 1. The number of benzene rings is 1. The first kappa shape index (κ1) is 14.8. The van der Waals surface area contributed by atoms with Crippen molar-refractivity contribution in [2.75, 3.05) is 25.1 Å². The van der Waals surface area contributed by atoms with Crippen molar-refractivity contribution >= 4 is 21.6 Å². The van der Waals surface area contributed by atoms with Gasteiger partial charge in [-0.1, -0.05) is 22.0 Å². The lowest BCUT2D eigenvalue weighted by atomic mass is 9.91. The van der Waals surface area contributed by atoms with Crippen LogP contribution < -0.4 is 10.2 Å². The lowest BCUT2D eigenvalue weighted by molar-refractivity contribution is 0.283. The Hall–Kier alpha value is -0.580. The lowest BCUT2D eigenvalue weighted by Gasteiger charge is -2.39. The van der Waals surface area contributed by atoms with E-state index in [4.69, 9.17) is 5.11 Å². The highest BCUT2D eigenvalue weighted by molar-refractivity contribution is 9.10. The molecule has 1 aliphatic rings. The van der Waals surface area contributed by atoms with Crippen LogP contribution in [0.15, 0.2) is 22.7 Å². The molecule has 3 nitrogen and oxygen atoms in total. The number of aliphatic hydroxyl groups is 1. The van der Waals surface area contributed by atoms with E-state index in [1.54, 1.807) is 0 Å². The Morgan fingerprint density at radius 2 is 2.21 bits per heavy atom. The van der Waals surface area contributed by atoms with Crippen LogP contribution >= 0.6 is 15.9 Å². The van der Waals surface area contributed by atoms with Crippen LogP contribution in [-0.4, -0.2) is 31.3 Å². The molecule has 106 valence electrons. The van der Waals surface area contributed by atoms with E-state index in [9.17, 15) is 0 Å². The first-order valence-corrected chi connectivity index (χ1v) is 7.86. The second kappa shape index (κ2) is 7.27. The van der Waals surface area contributed by atoms with Crippen LogP contribution in [0.5, 0.6) is 0 Å². The largest absolute Gasteiger partial charge is 0.396 e. The van der Waals surface area contributed by atoms with E-state index in [1.807, 2.05) is 7.05 Å². The molecule has 0 unspecified atom stereocenters. The van der Waals surface area contributed by atoms with Gasteiger partial charge in [-0.2, -0.15) is 0 Å². The summed E-state index contributed by atoms with van der Waals surface area (Å²) in [5.41, 5.74) is 2.55. The molecule has 1 aliphatic carbocycles. The summed E-state index contributed by atoms with van der Waals surface area (Å²) in [7, 11) is 1.96. The van der Waals surface area contributed by atoms with Crippen molar-refractivity contribution in [1.82, 2.24) is 5.32 Å². The zero-order chi connectivity index (χ0) is 13.7. The normalized spacial score (nSPS) is 15.3. The van der Waals surface area contributed by atoms with Gasteiger partial charge < -0.3 is 15.3 Å². The molecule has 19 heavy (non-hydrogen) atoms. The van der Waals surface area contributed by atoms with Crippen molar-refractivity contribution in [2.45, 2.75) is 38.3 Å². The zero-order valence-electron chi connectivity index (χ0n) is 11.5. The molecule has 0 aliphatic heterocycles. The van der Waals surface area contributed by atoms with Gasteiger partial charge in [0, 0.05) is 35.9 Å². The van der Waals surface area contributed by atoms with Gasteiger partial charge in [-0.25, -0.2) is 0 Å². The molecular formula is C15H23BrN2O. The Morgan fingerprint density at radius 3 is 2.74 bits per heavy atom. The Balaban J connectivity index is 2.13. The van der Waals surface area contributed by atoms with Crippen LogP contribution in [0.4, 0.5) is 5.69 Å². The second-order valence-electron chi connectivity index (χ2n) is 5.16. The highest BCUT2D eigenvalue weighted by atomic mass is 79.9. The van der Waals surface area contributed by atoms with Crippen LogP contribution in [0.1, 0.15) is 31.2 Å². The number of hydrogen-bond acceptors (Lipinski definition) is 3. The quantitative estimate of drug-likeness (QED) is 0.808. The highest BCUT2D eigenvalue weighted by Crippen LogP contribution is 2.32. The molecule has 0 saturated heterocycles. The topological polar surface area (TPSA) is 35.5 Å². The van der Waals surface area contributed by atoms with Gasteiger partial charge in [-0.3, -0.25) is 0 Å². The van der Waals surface area contributed by atoms with Crippen LogP contribution in [0.25, 0.3) is 0 Å². The maximum Gasteiger partial charge on any atom is 0.0447 e. The smallest absolute Gasteiger partial charge is 0.0447 e. The second-order valence-corrected chi connectivity index (χ2v) is 6.02. The number of halogens is 1. The van der Waals surface area contributed by atoms with Gasteiger partial charge >= 0.3 is 0 Å². The number of nitrogens with zero attached hydrogens (tertiary/aromatic N) is 1. The molecule has 0 amide bonds. The minimum absolute atomic E-state index is 0.266. The van der Waals surface area contributed by atoms with Gasteiger partial charge in [0.05, 0.1) is 0 Å². The number of nitrogens with one attached hydrogen (secondary N) is 1. The van der Waals surface area contributed by atoms with Gasteiger partial charge in [-0.15, -0.1) is 0 Å². The van der Waals surface area contributed by atoms with Gasteiger partial charge in [-0.05, 0) is 50.4 Å². The molecule has 1 aromatic rings. The number of hydrogen-bond donors (Lipinski definition) is 2. The summed E-state index contributed by atoms with van der Waals surface area (Å²) in [6, 6.07) is 7.25. The summed E-state index contributed by atoms with van der Waals surface area (Å²) < 4.78 is 1.16. The Bertz CT molecular complexity index is 407. The molecule has 0 spiro atoms. The molecule has 1 fully saturated rings. The molecule has 0 heterocycles. The molecule has 2 N–H and O–H groups in total. The summed E-state index contributed by atoms with van der Waals surface area (Å²) >= 11 is 3.66. The Morgan fingerprint density at radius 1 is 1.42 bits per heavy atom. The molecule has 0 radical (unpaired) electrons. The SMILES string of the molecule is CNCc1ccc(N(CCCO)C2CCC2)cc1Br. The van der Waals surface area contributed by atoms with Crippen molar-refractivity contribution in [1.29, 1.82) is 0 Å². The number of rotatable bonds is 7. The molecule has 1 aromatic carbocycles. The van der Waals surface area contributed by atoms with E-state index in [0.29, 0.717) is 6.04 Å². The minimum atomic E-state index is 0.266.